The Morgan fingerprint density at radius 2 is 1.83 bits per heavy atom. The molecule has 1 aliphatic rings. The third kappa shape index (κ3) is 6.62. The minimum absolute atomic E-state index is 0.0459. The van der Waals surface area contributed by atoms with Crippen LogP contribution in [0.3, 0.4) is 0 Å². The van der Waals surface area contributed by atoms with Gasteiger partial charge in [0.2, 0.25) is 5.88 Å². The lowest BCUT2D eigenvalue weighted by atomic mass is 10.1. The van der Waals surface area contributed by atoms with Gasteiger partial charge in [-0.25, -0.2) is 13.1 Å². The van der Waals surface area contributed by atoms with Crippen molar-refractivity contribution in [2.24, 2.45) is 0 Å². The number of hydrogen-bond donors (Lipinski definition) is 1. The van der Waals surface area contributed by atoms with Crippen LogP contribution in [-0.4, -0.2) is 59.1 Å². The van der Waals surface area contributed by atoms with Crippen molar-refractivity contribution in [1.29, 1.82) is 0 Å². The molecule has 0 aliphatic carbocycles. The van der Waals surface area contributed by atoms with Gasteiger partial charge >= 0.3 is 6.18 Å². The topological polar surface area (TPSA) is 135 Å². The van der Waals surface area contributed by atoms with Crippen LogP contribution in [0.1, 0.15) is 55.0 Å². The monoisotopic (exact) mass is 597 g/mol. The summed E-state index contributed by atoms with van der Waals surface area (Å²) in [5, 5.41) is 7.02. The summed E-state index contributed by atoms with van der Waals surface area (Å²) in [6.45, 7) is 8.57. The first kappa shape index (κ1) is 30.2. The van der Waals surface area contributed by atoms with Crippen LogP contribution in [-0.2, 0) is 32.8 Å². The molecule has 0 spiro atoms. The van der Waals surface area contributed by atoms with Gasteiger partial charge in [0, 0.05) is 11.8 Å². The van der Waals surface area contributed by atoms with E-state index in [0.717, 1.165) is 12.4 Å². The van der Waals surface area contributed by atoms with E-state index >= 15 is 0 Å². The number of carbonyl (C=O) groups is 1. The van der Waals surface area contributed by atoms with Gasteiger partial charge in [0.25, 0.3) is 5.91 Å². The quantitative estimate of drug-likeness (QED) is 0.388. The lowest BCUT2D eigenvalue weighted by Gasteiger charge is -2.28. The Labute approximate surface area is 235 Å². The van der Waals surface area contributed by atoms with Crippen LogP contribution in [0.4, 0.5) is 13.2 Å². The zero-order chi connectivity index (χ0) is 30.2. The number of rotatable bonds is 9. The van der Waals surface area contributed by atoms with Crippen molar-refractivity contribution in [2.45, 2.75) is 63.9 Å². The highest BCUT2D eigenvalue weighted by Crippen LogP contribution is 2.45. The van der Waals surface area contributed by atoms with E-state index in [1.54, 1.807) is 20.8 Å². The van der Waals surface area contributed by atoms with Crippen molar-refractivity contribution >= 4 is 15.7 Å². The van der Waals surface area contributed by atoms with Crippen LogP contribution >= 0.6 is 0 Å². The van der Waals surface area contributed by atoms with Gasteiger partial charge in [-0.1, -0.05) is 6.92 Å². The second-order valence-corrected chi connectivity index (χ2v) is 12.6. The summed E-state index contributed by atoms with van der Waals surface area (Å²) in [6.07, 6.45) is -2.25. The van der Waals surface area contributed by atoms with Crippen molar-refractivity contribution in [3.8, 4) is 17.4 Å². The van der Waals surface area contributed by atoms with Crippen LogP contribution in [0.2, 0.25) is 0 Å². The molecule has 15 heteroatoms. The molecular formula is C26H30F3N5O6S. The fraction of sp³-hybridized carbons (Fsp3) is 0.462. The second-order valence-electron chi connectivity index (χ2n) is 10.3. The molecule has 11 nitrogen and oxygen atoms in total. The van der Waals surface area contributed by atoms with E-state index in [4.69, 9.17) is 14.2 Å². The number of nitrogens with zero attached hydrogens (tertiary/aromatic N) is 4. The van der Waals surface area contributed by atoms with Crippen molar-refractivity contribution in [1.82, 2.24) is 25.1 Å². The summed E-state index contributed by atoms with van der Waals surface area (Å²) in [5.41, 5.74) is -1.41. The highest BCUT2D eigenvalue weighted by Gasteiger charge is 2.41. The molecule has 0 atom stereocenters. The molecule has 3 aromatic rings. The number of amides is 1. The van der Waals surface area contributed by atoms with Crippen molar-refractivity contribution in [3.05, 3.63) is 53.2 Å². The molecule has 0 saturated carbocycles. The maximum Gasteiger partial charge on any atom is 0.423 e. The number of alkyl halides is 3. The fourth-order valence-corrected chi connectivity index (χ4v) is 4.65. The van der Waals surface area contributed by atoms with Gasteiger partial charge in [-0.2, -0.15) is 18.3 Å². The van der Waals surface area contributed by atoms with E-state index in [1.165, 1.54) is 36.9 Å². The molecule has 1 aliphatic heterocycles. The molecule has 1 fully saturated rings. The Morgan fingerprint density at radius 1 is 1.15 bits per heavy atom. The summed E-state index contributed by atoms with van der Waals surface area (Å²) in [7, 11) is -3.42. The minimum Gasteiger partial charge on any atom is -0.483 e. The highest BCUT2D eigenvalue weighted by molar-refractivity contribution is 7.91. The number of aromatic nitrogens is 4. The number of hydrogen-bond acceptors (Lipinski definition) is 9. The van der Waals surface area contributed by atoms with E-state index < -0.39 is 50.6 Å². The van der Waals surface area contributed by atoms with E-state index in [0.29, 0.717) is 5.69 Å². The summed E-state index contributed by atoms with van der Waals surface area (Å²) in [4.78, 5) is 21.1. The predicted molar refractivity (Wildman–Crippen MR) is 140 cm³/mol. The Balaban J connectivity index is 1.62. The fourth-order valence-electron chi connectivity index (χ4n) is 3.83. The average molecular weight is 598 g/mol. The van der Waals surface area contributed by atoms with Gasteiger partial charge in [-0.15, -0.1) is 0 Å². The summed E-state index contributed by atoms with van der Waals surface area (Å²) >= 11 is 0. The lowest BCUT2D eigenvalue weighted by Crippen LogP contribution is -2.39. The maximum absolute atomic E-state index is 14.2. The number of pyridine rings is 2. The zero-order valence-electron chi connectivity index (χ0n) is 23.1. The van der Waals surface area contributed by atoms with Crippen LogP contribution in [0.5, 0.6) is 17.4 Å². The molecule has 0 aromatic carbocycles. The molecule has 0 bridgehead atoms. The largest absolute Gasteiger partial charge is 0.483 e. The number of halogens is 3. The molecule has 41 heavy (non-hydrogen) atoms. The van der Waals surface area contributed by atoms with Crippen molar-refractivity contribution < 1.29 is 40.6 Å². The van der Waals surface area contributed by atoms with Gasteiger partial charge < -0.3 is 19.5 Å². The van der Waals surface area contributed by atoms with Gasteiger partial charge in [0.05, 0.1) is 54.0 Å². The molecule has 3 aromatic heterocycles. The Kier molecular flexibility index (Phi) is 8.32. The first-order chi connectivity index (χ1) is 19.1. The number of sulfone groups is 1. The van der Waals surface area contributed by atoms with Crippen molar-refractivity contribution in [2.75, 3.05) is 19.0 Å². The smallest absolute Gasteiger partial charge is 0.423 e. The Hall–Kier alpha value is -3.72. The molecule has 1 N–H and O–H groups in total. The lowest BCUT2D eigenvalue weighted by molar-refractivity contribution is -0.143. The SMILES string of the molecule is CCS(=O)(=O)c1ccc(CNC(=O)c2nn(C(C)(C)C)c(Oc3cncc(OC4COC4)c3C(F)(F)F)c2C)nc1. The van der Waals surface area contributed by atoms with Crippen LogP contribution in [0.25, 0.3) is 0 Å². The minimum atomic E-state index is -4.84. The number of carbonyl (C=O) groups excluding carboxylic acids is 1. The van der Waals surface area contributed by atoms with Crippen molar-refractivity contribution in [3.63, 3.8) is 0 Å². The average Bonchev–Trinajstić information content (AvgIpc) is 3.20. The molecule has 1 amide bonds. The van der Waals surface area contributed by atoms with Crippen LogP contribution < -0.4 is 14.8 Å². The predicted octanol–water partition coefficient (Wildman–Crippen LogP) is 4.05. The molecule has 1 saturated heterocycles. The third-order valence-corrected chi connectivity index (χ3v) is 7.87. The summed E-state index contributed by atoms with van der Waals surface area (Å²) in [5.74, 6) is -1.88. The molecule has 4 rings (SSSR count). The standard InChI is InChI=1S/C26H30F3N5O6S/c1-6-41(36,37)18-8-7-16(31-10-18)9-32-23(35)22-15(2)24(34(33-22)25(3,4)5)40-20-12-30-11-19(21(20)26(27,28)29)39-17-13-38-14-17/h7-8,10-12,17H,6,9,13-14H2,1-5H3,(H,32,35). The van der Waals surface area contributed by atoms with Crippen LogP contribution in [0, 0.1) is 6.92 Å². The van der Waals surface area contributed by atoms with Gasteiger partial charge in [-0.3, -0.25) is 14.8 Å². The highest BCUT2D eigenvalue weighted by atomic mass is 32.2. The molecule has 222 valence electrons. The Bertz CT molecular complexity index is 1530. The molecule has 0 radical (unpaired) electrons. The summed E-state index contributed by atoms with van der Waals surface area (Å²) < 4.78 is 84.1. The Morgan fingerprint density at radius 3 is 2.37 bits per heavy atom. The van der Waals surface area contributed by atoms with E-state index in [9.17, 15) is 26.4 Å². The van der Waals surface area contributed by atoms with Crippen LogP contribution in [0.15, 0.2) is 35.6 Å². The molecule has 4 heterocycles. The molecular weight excluding hydrogens is 567 g/mol. The number of nitrogens with one attached hydrogen (secondary N) is 1. The molecule has 0 unspecified atom stereocenters. The summed E-state index contributed by atoms with van der Waals surface area (Å²) in [6, 6.07) is 2.88. The zero-order valence-corrected chi connectivity index (χ0v) is 23.9. The first-order valence-electron chi connectivity index (χ1n) is 12.6. The third-order valence-electron chi connectivity index (χ3n) is 6.15. The maximum atomic E-state index is 14.2. The van der Waals surface area contributed by atoms with E-state index in [-0.39, 0.29) is 47.5 Å². The van der Waals surface area contributed by atoms with Gasteiger partial charge in [0.15, 0.2) is 27.0 Å². The second kappa shape index (κ2) is 11.3. The number of ether oxygens (including phenoxy) is 3. The van der Waals surface area contributed by atoms with E-state index in [1.807, 2.05) is 0 Å². The van der Waals surface area contributed by atoms with E-state index in [2.05, 4.69) is 20.4 Å². The first-order valence-corrected chi connectivity index (χ1v) is 14.3. The van der Waals surface area contributed by atoms with Gasteiger partial charge in [-0.05, 0) is 39.8 Å². The normalized spacial score (nSPS) is 14.4. The van der Waals surface area contributed by atoms with Gasteiger partial charge in [0.1, 0.15) is 11.7 Å².